The maximum absolute atomic E-state index is 3.87. The lowest BCUT2D eigenvalue weighted by atomic mass is 10.1. The molecular formula is C11H23N. The fourth-order valence-corrected chi connectivity index (χ4v) is 1.32. The molecule has 0 spiro atoms. The third kappa shape index (κ3) is 7.80. The Labute approximate surface area is 77.2 Å². The van der Waals surface area contributed by atoms with Crippen molar-refractivity contribution in [3.05, 3.63) is 12.2 Å². The molecule has 0 bridgehead atoms. The molecule has 0 aliphatic carbocycles. The van der Waals surface area contributed by atoms with Gasteiger partial charge in [-0.25, -0.2) is 0 Å². The molecule has 72 valence electrons. The number of hydrogen-bond acceptors (Lipinski definition) is 1. The summed E-state index contributed by atoms with van der Waals surface area (Å²) in [6, 6.07) is 0.643. The number of hydrogen-bond donors (Lipinski definition) is 1. The van der Waals surface area contributed by atoms with Crippen LogP contribution in [-0.2, 0) is 0 Å². The first-order chi connectivity index (χ1) is 5.52. The molecule has 0 heterocycles. The molecule has 0 aromatic rings. The lowest BCUT2D eigenvalue weighted by Gasteiger charge is -2.15. The summed E-state index contributed by atoms with van der Waals surface area (Å²) in [4.78, 5) is 0. The van der Waals surface area contributed by atoms with E-state index in [-0.39, 0.29) is 0 Å². The Morgan fingerprint density at radius 1 is 1.33 bits per heavy atom. The van der Waals surface area contributed by atoms with Crippen LogP contribution in [0.4, 0.5) is 0 Å². The second-order valence-electron chi connectivity index (χ2n) is 4.19. The number of nitrogens with one attached hydrogen (secondary N) is 1. The van der Waals surface area contributed by atoms with Crippen LogP contribution in [0.25, 0.3) is 0 Å². The molecule has 1 atom stereocenters. The molecule has 0 radical (unpaired) electrons. The zero-order valence-electron chi connectivity index (χ0n) is 8.98. The maximum atomic E-state index is 3.87. The van der Waals surface area contributed by atoms with Crippen molar-refractivity contribution in [2.45, 2.75) is 46.6 Å². The summed E-state index contributed by atoms with van der Waals surface area (Å²) in [5, 5.41) is 3.48. The van der Waals surface area contributed by atoms with E-state index >= 15 is 0 Å². The lowest BCUT2D eigenvalue weighted by molar-refractivity contribution is 0.444. The van der Waals surface area contributed by atoms with E-state index in [0.717, 1.165) is 18.9 Å². The van der Waals surface area contributed by atoms with E-state index in [1.807, 2.05) is 0 Å². The lowest BCUT2D eigenvalue weighted by Crippen LogP contribution is -2.28. The molecule has 1 nitrogen and oxygen atoms in total. The van der Waals surface area contributed by atoms with E-state index in [4.69, 9.17) is 0 Å². The summed E-state index contributed by atoms with van der Waals surface area (Å²) >= 11 is 0. The standard InChI is InChI=1S/C11H23N/c1-9(2)6-7-12-11(5)8-10(3)4/h10-12H,1,6-8H2,2-5H3. The van der Waals surface area contributed by atoms with E-state index in [0.29, 0.717) is 6.04 Å². The third-order valence-corrected chi connectivity index (χ3v) is 1.87. The molecule has 0 fully saturated rings. The first kappa shape index (κ1) is 11.7. The van der Waals surface area contributed by atoms with Gasteiger partial charge in [0.2, 0.25) is 0 Å². The second-order valence-corrected chi connectivity index (χ2v) is 4.19. The smallest absolute Gasteiger partial charge is 0.00412 e. The largest absolute Gasteiger partial charge is 0.314 e. The van der Waals surface area contributed by atoms with Crippen LogP contribution in [0.3, 0.4) is 0 Å². The maximum Gasteiger partial charge on any atom is 0.00412 e. The first-order valence-electron chi connectivity index (χ1n) is 4.90. The van der Waals surface area contributed by atoms with Gasteiger partial charge in [0.25, 0.3) is 0 Å². The quantitative estimate of drug-likeness (QED) is 0.603. The summed E-state index contributed by atoms with van der Waals surface area (Å²) in [6.45, 7) is 13.8. The van der Waals surface area contributed by atoms with Gasteiger partial charge in [0.05, 0.1) is 0 Å². The van der Waals surface area contributed by atoms with Gasteiger partial charge in [0, 0.05) is 6.04 Å². The van der Waals surface area contributed by atoms with Crippen LogP contribution in [-0.4, -0.2) is 12.6 Å². The number of rotatable bonds is 6. The third-order valence-electron chi connectivity index (χ3n) is 1.87. The molecule has 0 saturated carbocycles. The molecule has 0 aromatic heterocycles. The zero-order valence-corrected chi connectivity index (χ0v) is 8.98. The molecule has 0 amide bonds. The highest BCUT2D eigenvalue weighted by atomic mass is 14.9. The van der Waals surface area contributed by atoms with E-state index in [1.54, 1.807) is 0 Å². The average Bonchev–Trinajstić information content (AvgIpc) is 1.84. The Kier molecular flexibility index (Phi) is 6.09. The summed E-state index contributed by atoms with van der Waals surface area (Å²) in [7, 11) is 0. The van der Waals surface area contributed by atoms with Gasteiger partial charge in [0.15, 0.2) is 0 Å². The van der Waals surface area contributed by atoms with Crippen molar-refractivity contribution < 1.29 is 0 Å². The molecule has 12 heavy (non-hydrogen) atoms. The first-order valence-corrected chi connectivity index (χ1v) is 4.90. The molecule has 0 rings (SSSR count). The molecule has 1 heteroatoms. The van der Waals surface area contributed by atoms with Crippen LogP contribution in [0.5, 0.6) is 0 Å². The van der Waals surface area contributed by atoms with E-state index < -0.39 is 0 Å². The van der Waals surface area contributed by atoms with Gasteiger partial charge in [-0.3, -0.25) is 0 Å². The summed E-state index contributed by atoms with van der Waals surface area (Å²) in [5.41, 5.74) is 1.26. The zero-order chi connectivity index (χ0) is 9.56. The topological polar surface area (TPSA) is 12.0 Å². The summed E-state index contributed by atoms with van der Waals surface area (Å²) in [5.74, 6) is 0.789. The highest BCUT2D eigenvalue weighted by Crippen LogP contribution is 2.04. The summed E-state index contributed by atoms with van der Waals surface area (Å²) < 4.78 is 0. The SMILES string of the molecule is C=C(C)CCNC(C)CC(C)C. The van der Waals surface area contributed by atoms with Crippen molar-refractivity contribution in [3.8, 4) is 0 Å². The minimum Gasteiger partial charge on any atom is -0.314 e. The van der Waals surface area contributed by atoms with Gasteiger partial charge >= 0.3 is 0 Å². The van der Waals surface area contributed by atoms with Crippen LogP contribution < -0.4 is 5.32 Å². The Morgan fingerprint density at radius 3 is 2.33 bits per heavy atom. The van der Waals surface area contributed by atoms with Crippen molar-refractivity contribution >= 4 is 0 Å². The van der Waals surface area contributed by atoms with Crippen molar-refractivity contribution in [1.82, 2.24) is 5.32 Å². The minimum atomic E-state index is 0.643. The fourth-order valence-electron chi connectivity index (χ4n) is 1.32. The van der Waals surface area contributed by atoms with Crippen LogP contribution in [0.15, 0.2) is 12.2 Å². The monoisotopic (exact) mass is 169 g/mol. The Morgan fingerprint density at radius 2 is 1.92 bits per heavy atom. The van der Waals surface area contributed by atoms with Crippen molar-refractivity contribution in [2.75, 3.05) is 6.54 Å². The predicted molar refractivity (Wildman–Crippen MR) is 56.4 cm³/mol. The van der Waals surface area contributed by atoms with Gasteiger partial charge in [-0.1, -0.05) is 19.4 Å². The van der Waals surface area contributed by atoms with Gasteiger partial charge in [-0.05, 0) is 39.2 Å². The normalized spacial score (nSPS) is 13.4. The van der Waals surface area contributed by atoms with Gasteiger partial charge in [0.1, 0.15) is 0 Å². The highest BCUT2D eigenvalue weighted by Gasteiger charge is 2.02. The highest BCUT2D eigenvalue weighted by molar-refractivity contribution is 4.88. The van der Waals surface area contributed by atoms with Crippen molar-refractivity contribution in [3.63, 3.8) is 0 Å². The molecule has 0 aromatic carbocycles. The van der Waals surface area contributed by atoms with Gasteiger partial charge in [-0.2, -0.15) is 0 Å². The predicted octanol–water partition coefficient (Wildman–Crippen LogP) is 2.98. The molecule has 1 unspecified atom stereocenters. The van der Waals surface area contributed by atoms with Crippen LogP contribution in [0.1, 0.15) is 40.5 Å². The van der Waals surface area contributed by atoms with E-state index in [2.05, 4.69) is 39.6 Å². The Balaban J connectivity index is 3.31. The second kappa shape index (κ2) is 6.24. The van der Waals surface area contributed by atoms with Crippen LogP contribution in [0, 0.1) is 5.92 Å². The Bertz CT molecular complexity index is 127. The average molecular weight is 169 g/mol. The van der Waals surface area contributed by atoms with Crippen LogP contribution >= 0.6 is 0 Å². The van der Waals surface area contributed by atoms with E-state index in [9.17, 15) is 0 Å². The van der Waals surface area contributed by atoms with Crippen molar-refractivity contribution in [2.24, 2.45) is 5.92 Å². The van der Waals surface area contributed by atoms with Crippen molar-refractivity contribution in [1.29, 1.82) is 0 Å². The molecule has 0 saturated heterocycles. The van der Waals surface area contributed by atoms with E-state index in [1.165, 1.54) is 12.0 Å². The van der Waals surface area contributed by atoms with Gasteiger partial charge < -0.3 is 5.32 Å². The minimum absolute atomic E-state index is 0.643. The van der Waals surface area contributed by atoms with Gasteiger partial charge in [-0.15, -0.1) is 6.58 Å². The summed E-state index contributed by atoms with van der Waals surface area (Å²) in [6.07, 6.45) is 2.36. The molecule has 0 aliphatic heterocycles. The molecule has 0 aliphatic rings. The fraction of sp³-hybridized carbons (Fsp3) is 0.818. The Hall–Kier alpha value is -0.300. The molecule has 1 N–H and O–H groups in total. The molecular weight excluding hydrogens is 146 g/mol. The van der Waals surface area contributed by atoms with Crippen LogP contribution in [0.2, 0.25) is 0 Å².